The van der Waals surface area contributed by atoms with Crippen LogP contribution in [0.4, 0.5) is 5.82 Å². The lowest BCUT2D eigenvalue weighted by atomic mass is 9.99. The van der Waals surface area contributed by atoms with E-state index in [9.17, 15) is 9.59 Å². The summed E-state index contributed by atoms with van der Waals surface area (Å²) in [5.41, 5.74) is 5.38. The van der Waals surface area contributed by atoms with Crippen molar-refractivity contribution in [1.82, 2.24) is 15.1 Å². The minimum absolute atomic E-state index is 0.0455. The Kier molecular flexibility index (Phi) is 7.74. The summed E-state index contributed by atoms with van der Waals surface area (Å²) in [4.78, 5) is 28.5. The third-order valence-corrected chi connectivity index (χ3v) is 7.89. The fourth-order valence-corrected chi connectivity index (χ4v) is 6.16. The molecule has 2 heterocycles. The number of anilines is 1. The summed E-state index contributed by atoms with van der Waals surface area (Å²) in [5.74, 6) is 1.18. The first-order valence-electron chi connectivity index (χ1n) is 13.0. The van der Waals surface area contributed by atoms with Gasteiger partial charge in [-0.05, 0) is 38.5 Å². The van der Waals surface area contributed by atoms with Gasteiger partial charge in [-0.1, -0.05) is 66.7 Å². The Morgan fingerprint density at radius 3 is 2.46 bits per heavy atom. The molecule has 0 spiro atoms. The molecule has 1 atom stereocenters. The first-order chi connectivity index (χ1) is 18.9. The smallest absolute Gasteiger partial charge is 0.240 e. The standard InChI is InChI=1S/C31H32N4O3S/c1-20(2)32-26(36)18-34-27(37)19-39-30(23-15-9-11-17-25(23)38-4)28-29(22-13-6-5-7-14-22)33-35(31(28)34)24-16-10-8-12-21(24)3/h5-17,20,30H,18-19H2,1-4H3,(H,32,36). The van der Waals surface area contributed by atoms with Crippen LogP contribution in [-0.2, 0) is 9.59 Å². The average molecular weight is 541 g/mol. The van der Waals surface area contributed by atoms with Gasteiger partial charge in [-0.25, -0.2) is 4.68 Å². The van der Waals surface area contributed by atoms with Gasteiger partial charge in [0.05, 0.1) is 29.5 Å². The number of methoxy groups -OCH3 is 1. The molecule has 0 saturated carbocycles. The number of rotatable bonds is 7. The second-order valence-corrected chi connectivity index (χ2v) is 10.9. The van der Waals surface area contributed by atoms with Crippen LogP contribution in [0.1, 0.15) is 35.8 Å². The molecule has 8 heteroatoms. The van der Waals surface area contributed by atoms with Crippen molar-refractivity contribution in [3.05, 3.63) is 95.6 Å². The first-order valence-corrected chi connectivity index (χ1v) is 14.0. The van der Waals surface area contributed by atoms with Crippen molar-refractivity contribution < 1.29 is 14.3 Å². The monoisotopic (exact) mass is 540 g/mol. The number of hydrogen-bond donors (Lipinski definition) is 1. The van der Waals surface area contributed by atoms with Gasteiger partial charge in [-0.15, -0.1) is 11.8 Å². The number of benzene rings is 3. The highest BCUT2D eigenvalue weighted by Gasteiger charge is 2.38. The largest absolute Gasteiger partial charge is 0.496 e. The molecule has 1 aromatic heterocycles. The molecule has 1 aliphatic heterocycles. The molecular weight excluding hydrogens is 508 g/mol. The normalized spacial score (nSPS) is 15.2. The molecule has 200 valence electrons. The fourth-order valence-electron chi connectivity index (χ4n) is 4.94. The van der Waals surface area contributed by atoms with E-state index in [-0.39, 0.29) is 35.4 Å². The molecule has 2 amide bonds. The quantitative estimate of drug-likeness (QED) is 0.333. The van der Waals surface area contributed by atoms with Crippen LogP contribution in [0.15, 0.2) is 78.9 Å². The minimum atomic E-state index is -0.258. The van der Waals surface area contributed by atoms with E-state index in [2.05, 4.69) is 5.32 Å². The molecule has 5 rings (SSSR count). The Morgan fingerprint density at radius 1 is 1.05 bits per heavy atom. The number of amides is 2. The summed E-state index contributed by atoms with van der Waals surface area (Å²) in [6.45, 7) is 5.74. The molecule has 7 nitrogen and oxygen atoms in total. The predicted octanol–water partition coefficient (Wildman–Crippen LogP) is 5.55. The van der Waals surface area contributed by atoms with Gasteiger partial charge in [0.25, 0.3) is 0 Å². The molecule has 0 fully saturated rings. The minimum Gasteiger partial charge on any atom is -0.496 e. The number of nitrogens with zero attached hydrogens (tertiary/aromatic N) is 3. The van der Waals surface area contributed by atoms with Crippen LogP contribution in [0.2, 0.25) is 0 Å². The van der Waals surface area contributed by atoms with Crippen LogP contribution in [0, 0.1) is 6.92 Å². The molecule has 0 saturated heterocycles. The number of ether oxygens (including phenoxy) is 1. The second kappa shape index (κ2) is 11.4. The molecule has 1 unspecified atom stereocenters. The average Bonchev–Trinajstić information content (AvgIpc) is 3.25. The molecule has 1 aliphatic rings. The number of para-hydroxylation sites is 2. The third-order valence-electron chi connectivity index (χ3n) is 6.65. The third kappa shape index (κ3) is 5.29. The topological polar surface area (TPSA) is 76.5 Å². The molecular formula is C31H32N4O3S. The van der Waals surface area contributed by atoms with Crippen LogP contribution in [0.5, 0.6) is 5.75 Å². The number of fused-ring (bicyclic) bond motifs is 1. The van der Waals surface area contributed by atoms with Crippen molar-refractivity contribution in [2.24, 2.45) is 0 Å². The SMILES string of the molecule is COc1ccccc1C1SCC(=O)N(CC(=O)NC(C)C)c2c1c(-c1ccccc1)nn2-c1ccccc1C. The van der Waals surface area contributed by atoms with Crippen molar-refractivity contribution in [2.45, 2.75) is 32.1 Å². The maximum absolute atomic E-state index is 13.8. The number of aryl methyl sites for hydroxylation is 1. The molecule has 39 heavy (non-hydrogen) atoms. The number of hydrogen-bond acceptors (Lipinski definition) is 5. The van der Waals surface area contributed by atoms with Gasteiger partial charge < -0.3 is 10.1 Å². The summed E-state index contributed by atoms with van der Waals surface area (Å²) in [6.07, 6.45) is 0. The maximum atomic E-state index is 13.8. The number of carbonyl (C=O) groups is 2. The summed E-state index contributed by atoms with van der Waals surface area (Å²) in [5, 5.41) is 7.84. The Bertz CT molecular complexity index is 1500. The van der Waals surface area contributed by atoms with Gasteiger partial charge in [-0.3, -0.25) is 14.5 Å². The van der Waals surface area contributed by atoms with Crippen LogP contribution < -0.4 is 15.0 Å². The van der Waals surface area contributed by atoms with Crippen molar-refractivity contribution in [1.29, 1.82) is 0 Å². The summed E-state index contributed by atoms with van der Waals surface area (Å²) < 4.78 is 7.60. The lowest BCUT2D eigenvalue weighted by Crippen LogP contribution is -2.44. The van der Waals surface area contributed by atoms with Crippen molar-refractivity contribution >= 4 is 29.4 Å². The summed E-state index contributed by atoms with van der Waals surface area (Å²) in [7, 11) is 1.66. The van der Waals surface area contributed by atoms with Gasteiger partial charge in [-0.2, -0.15) is 5.10 Å². The van der Waals surface area contributed by atoms with Crippen LogP contribution in [0.3, 0.4) is 0 Å². The van der Waals surface area contributed by atoms with Crippen LogP contribution in [0.25, 0.3) is 16.9 Å². The molecule has 4 aromatic rings. The van der Waals surface area contributed by atoms with E-state index < -0.39 is 0 Å². The van der Waals surface area contributed by atoms with E-state index in [1.54, 1.807) is 12.0 Å². The number of thioether (sulfide) groups is 1. The first kappa shape index (κ1) is 26.6. The Balaban J connectivity index is 1.83. The molecule has 0 radical (unpaired) electrons. The van der Waals surface area contributed by atoms with Gasteiger partial charge in [0.2, 0.25) is 11.8 Å². The number of carbonyl (C=O) groups excluding carboxylic acids is 2. The highest BCUT2D eigenvalue weighted by Crippen LogP contribution is 2.50. The predicted molar refractivity (Wildman–Crippen MR) is 157 cm³/mol. The lowest BCUT2D eigenvalue weighted by molar-refractivity contribution is -0.123. The van der Waals surface area contributed by atoms with E-state index in [1.165, 1.54) is 11.8 Å². The van der Waals surface area contributed by atoms with E-state index in [0.717, 1.165) is 39.4 Å². The van der Waals surface area contributed by atoms with Gasteiger partial charge in [0.15, 0.2) is 0 Å². The Hall–Kier alpha value is -4.04. The van der Waals surface area contributed by atoms with Crippen molar-refractivity contribution in [2.75, 3.05) is 24.3 Å². The van der Waals surface area contributed by atoms with Gasteiger partial charge in [0, 0.05) is 22.7 Å². The Morgan fingerprint density at radius 2 is 1.74 bits per heavy atom. The molecule has 0 aliphatic carbocycles. The summed E-state index contributed by atoms with van der Waals surface area (Å²) in [6, 6.07) is 25.8. The van der Waals surface area contributed by atoms with Crippen LogP contribution in [-0.4, -0.2) is 47.0 Å². The Labute approximate surface area is 233 Å². The van der Waals surface area contributed by atoms with E-state index in [0.29, 0.717) is 5.82 Å². The van der Waals surface area contributed by atoms with E-state index in [4.69, 9.17) is 9.84 Å². The maximum Gasteiger partial charge on any atom is 0.240 e. The summed E-state index contributed by atoms with van der Waals surface area (Å²) >= 11 is 1.53. The molecule has 1 N–H and O–H groups in total. The number of nitrogens with one attached hydrogen (secondary N) is 1. The van der Waals surface area contributed by atoms with Crippen molar-refractivity contribution in [3.63, 3.8) is 0 Å². The second-order valence-electron chi connectivity index (χ2n) is 9.79. The highest BCUT2D eigenvalue weighted by atomic mass is 32.2. The van der Waals surface area contributed by atoms with Crippen LogP contribution >= 0.6 is 11.8 Å². The van der Waals surface area contributed by atoms with E-state index in [1.807, 2.05) is 104 Å². The zero-order chi connectivity index (χ0) is 27.5. The molecule has 3 aromatic carbocycles. The zero-order valence-electron chi connectivity index (χ0n) is 22.5. The highest BCUT2D eigenvalue weighted by molar-refractivity contribution is 8.00. The lowest BCUT2D eigenvalue weighted by Gasteiger charge is -2.24. The van der Waals surface area contributed by atoms with Gasteiger partial charge >= 0.3 is 0 Å². The van der Waals surface area contributed by atoms with E-state index >= 15 is 0 Å². The zero-order valence-corrected chi connectivity index (χ0v) is 23.4. The number of aromatic nitrogens is 2. The fraction of sp³-hybridized carbons (Fsp3) is 0.258. The molecule has 0 bridgehead atoms. The van der Waals surface area contributed by atoms with Gasteiger partial charge in [0.1, 0.15) is 18.1 Å². The van der Waals surface area contributed by atoms with Crippen molar-refractivity contribution in [3.8, 4) is 22.7 Å².